The molecule has 0 fully saturated rings. The van der Waals surface area contributed by atoms with Gasteiger partial charge in [-0.2, -0.15) is 0 Å². The lowest BCUT2D eigenvalue weighted by Crippen LogP contribution is -2.42. The van der Waals surface area contributed by atoms with Gasteiger partial charge in [0.25, 0.3) is 5.69 Å². The number of hydrogen-bond donors (Lipinski definition) is 2. The summed E-state index contributed by atoms with van der Waals surface area (Å²) in [5.41, 5.74) is 0.869. The van der Waals surface area contributed by atoms with Crippen LogP contribution in [0.1, 0.15) is 24.8 Å². The molecule has 0 aromatic heterocycles. The van der Waals surface area contributed by atoms with Crippen LogP contribution in [-0.4, -0.2) is 28.6 Å². The van der Waals surface area contributed by atoms with E-state index in [1.54, 1.807) is 6.07 Å². The molecular weight excluding hydrogens is 288 g/mol. The van der Waals surface area contributed by atoms with Gasteiger partial charge in [0.15, 0.2) is 0 Å². The maximum Gasteiger partial charge on any atom is 0.326 e. The van der Waals surface area contributed by atoms with Crippen LogP contribution in [0.4, 0.5) is 11.4 Å². The summed E-state index contributed by atoms with van der Waals surface area (Å²) in [7, 11) is 0. The zero-order valence-corrected chi connectivity index (χ0v) is 12.0. The van der Waals surface area contributed by atoms with Crippen molar-refractivity contribution in [3.8, 4) is 5.75 Å². The summed E-state index contributed by atoms with van der Waals surface area (Å²) in [6.45, 7) is 2.22. The number of nitro groups is 1. The Balaban J connectivity index is 2.16. The summed E-state index contributed by atoms with van der Waals surface area (Å²) in [6.07, 6.45) is 4.50. The molecule has 0 saturated carbocycles. The second kappa shape index (κ2) is 5.32. The van der Waals surface area contributed by atoms with Crippen molar-refractivity contribution in [3.05, 3.63) is 40.0 Å². The number of fused-ring (bicyclic) bond motifs is 3. The molecule has 1 aliphatic heterocycles. The lowest BCUT2D eigenvalue weighted by Gasteiger charge is -2.34. The second-order valence-electron chi connectivity index (χ2n) is 5.41. The normalized spacial score (nSPS) is 25.0. The first-order valence-electron chi connectivity index (χ1n) is 7.14. The number of nitro benzene ring substituents is 1. The number of nitrogens with one attached hydrogen (secondary N) is 1. The number of hydrogen-bond acceptors (Lipinski definition) is 5. The van der Waals surface area contributed by atoms with Gasteiger partial charge in [0.05, 0.1) is 17.6 Å². The lowest BCUT2D eigenvalue weighted by atomic mass is 9.79. The van der Waals surface area contributed by atoms with Crippen molar-refractivity contribution in [1.29, 1.82) is 0 Å². The minimum absolute atomic E-state index is 0.138. The van der Waals surface area contributed by atoms with Gasteiger partial charge < -0.3 is 15.2 Å². The average Bonchev–Trinajstić information content (AvgIpc) is 2.95. The van der Waals surface area contributed by atoms with Crippen LogP contribution in [0.25, 0.3) is 0 Å². The number of carboxylic acids is 1. The maximum absolute atomic E-state index is 11.5. The van der Waals surface area contributed by atoms with Crippen molar-refractivity contribution in [1.82, 2.24) is 0 Å². The Morgan fingerprint density at radius 3 is 2.95 bits per heavy atom. The van der Waals surface area contributed by atoms with E-state index < -0.39 is 16.9 Å². The predicted octanol–water partition coefficient (Wildman–Crippen LogP) is 2.53. The minimum Gasteiger partial charge on any atom is -0.494 e. The largest absolute Gasteiger partial charge is 0.494 e. The molecule has 0 amide bonds. The van der Waals surface area contributed by atoms with Gasteiger partial charge in [-0.1, -0.05) is 12.2 Å². The summed E-state index contributed by atoms with van der Waals surface area (Å²) < 4.78 is 5.41. The molecular formula is C15H16N2O5. The molecule has 0 radical (unpaired) electrons. The van der Waals surface area contributed by atoms with E-state index >= 15 is 0 Å². The van der Waals surface area contributed by atoms with Crippen molar-refractivity contribution >= 4 is 17.3 Å². The molecule has 2 aliphatic rings. The minimum atomic E-state index is -0.993. The highest BCUT2D eigenvalue weighted by molar-refractivity contribution is 5.83. The van der Waals surface area contributed by atoms with Crippen molar-refractivity contribution < 1.29 is 19.6 Å². The zero-order valence-electron chi connectivity index (χ0n) is 12.0. The summed E-state index contributed by atoms with van der Waals surface area (Å²) in [5, 5.41) is 23.6. The maximum atomic E-state index is 11.5. The van der Waals surface area contributed by atoms with Crippen LogP contribution >= 0.6 is 0 Å². The van der Waals surface area contributed by atoms with Crippen LogP contribution in [0, 0.1) is 16.0 Å². The van der Waals surface area contributed by atoms with Crippen LogP contribution in [0.2, 0.25) is 0 Å². The second-order valence-corrected chi connectivity index (χ2v) is 5.41. The van der Waals surface area contributed by atoms with Crippen LogP contribution in [-0.2, 0) is 4.79 Å². The number of allylic oxidation sites excluding steroid dienone is 2. The molecule has 1 aromatic rings. The smallest absolute Gasteiger partial charge is 0.326 e. The van der Waals surface area contributed by atoms with Gasteiger partial charge in [-0.05, 0) is 25.0 Å². The van der Waals surface area contributed by atoms with Crippen LogP contribution in [0.3, 0.4) is 0 Å². The molecule has 7 nitrogen and oxygen atoms in total. The molecule has 0 saturated heterocycles. The Morgan fingerprint density at radius 2 is 2.32 bits per heavy atom. The predicted molar refractivity (Wildman–Crippen MR) is 79.3 cm³/mol. The molecule has 2 N–H and O–H groups in total. The quantitative estimate of drug-likeness (QED) is 0.503. The number of ether oxygens (including phenoxy) is 1. The third kappa shape index (κ3) is 2.18. The highest BCUT2D eigenvalue weighted by Crippen LogP contribution is 2.49. The Bertz CT molecular complexity index is 670. The van der Waals surface area contributed by atoms with E-state index in [0.717, 1.165) is 5.56 Å². The number of rotatable bonds is 4. The van der Waals surface area contributed by atoms with Gasteiger partial charge in [-0.3, -0.25) is 10.1 Å². The third-order valence-corrected chi connectivity index (χ3v) is 4.20. The Morgan fingerprint density at radius 1 is 1.55 bits per heavy atom. The first-order valence-corrected chi connectivity index (χ1v) is 7.14. The molecule has 0 bridgehead atoms. The highest BCUT2D eigenvalue weighted by atomic mass is 16.6. The number of carboxylic acid groups (broad SMARTS) is 1. The first kappa shape index (κ1) is 14.4. The van der Waals surface area contributed by atoms with Crippen LogP contribution in [0.15, 0.2) is 24.3 Å². The fraction of sp³-hybridized carbons (Fsp3) is 0.400. The fourth-order valence-corrected chi connectivity index (χ4v) is 3.29. The molecule has 1 aliphatic carbocycles. The average molecular weight is 304 g/mol. The van der Waals surface area contributed by atoms with E-state index in [9.17, 15) is 20.0 Å². The van der Waals surface area contributed by atoms with Gasteiger partial charge >= 0.3 is 5.97 Å². The number of aliphatic carboxylic acids is 1. The molecule has 3 rings (SSSR count). The topological polar surface area (TPSA) is 102 Å². The van der Waals surface area contributed by atoms with Gasteiger partial charge in [0, 0.05) is 11.8 Å². The van der Waals surface area contributed by atoms with Gasteiger partial charge in [0.2, 0.25) is 0 Å². The zero-order chi connectivity index (χ0) is 15.9. The van der Waals surface area contributed by atoms with Crippen molar-refractivity contribution in [2.24, 2.45) is 5.92 Å². The summed E-state index contributed by atoms with van der Waals surface area (Å²) in [6, 6.07) is 2.28. The monoisotopic (exact) mass is 304 g/mol. The molecule has 7 heteroatoms. The highest BCUT2D eigenvalue weighted by Gasteiger charge is 2.43. The number of nitrogens with zero attached hydrogens (tertiary/aromatic N) is 1. The van der Waals surface area contributed by atoms with E-state index in [0.29, 0.717) is 18.8 Å². The van der Waals surface area contributed by atoms with Gasteiger partial charge in [-0.15, -0.1) is 0 Å². The molecule has 116 valence electrons. The van der Waals surface area contributed by atoms with Crippen molar-refractivity contribution in [2.45, 2.75) is 25.3 Å². The molecule has 22 heavy (non-hydrogen) atoms. The first-order chi connectivity index (χ1) is 10.5. The Kier molecular flexibility index (Phi) is 3.48. The van der Waals surface area contributed by atoms with Crippen molar-refractivity contribution in [3.63, 3.8) is 0 Å². The van der Waals surface area contributed by atoms with Crippen LogP contribution < -0.4 is 10.1 Å². The van der Waals surface area contributed by atoms with Crippen LogP contribution in [0.5, 0.6) is 5.75 Å². The van der Waals surface area contributed by atoms with Gasteiger partial charge in [0.1, 0.15) is 17.5 Å². The SMILES string of the molecule is CCOc1cc2c(c([N+](=O)[O-])c1)N[C@H](C(=O)O)[C@H]1CC=C[C@H]21. The summed E-state index contributed by atoms with van der Waals surface area (Å²) >= 11 is 0. The van der Waals surface area contributed by atoms with E-state index in [4.69, 9.17) is 4.74 Å². The molecule has 3 atom stereocenters. The van der Waals surface area contributed by atoms with E-state index in [1.807, 2.05) is 19.1 Å². The summed E-state index contributed by atoms with van der Waals surface area (Å²) in [5.74, 6) is -0.840. The van der Waals surface area contributed by atoms with Gasteiger partial charge in [-0.25, -0.2) is 4.79 Å². The Labute approximate surface area is 126 Å². The molecule has 0 unspecified atom stereocenters. The van der Waals surface area contributed by atoms with E-state index in [1.165, 1.54) is 6.07 Å². The number of carbonyl (C=O) groups is 1. The fourth-order valence-electron chi connectivity index (χ4n) is 3.29. The standard InChI is InChI=1S/C15H16N2O5/c1-2-22-8-6-11-9-4-3-5-10(9)14(15(18)19)16-13(11)12(7-8)17(20)21/h3-4,6-7,9-10,14,16H,2,5H2,1H3,(H,18,19)/t9-,10-,14-/m0/s1. The summed E-state index contributed by atoms with van der Waals surface area (Å²) in [4.78, 5) is 22.3. The third-order valence-electron chi connectivity index (χ3n) is 4.20. The van der Waals surface area contributed by atoms with E-state index in [2.05, 4.69) is 5.32 Å². The molecule has 1 aromatic carbocycles. The molecule has 1 heterocycles. The number of benzene rings is 1. The number of anilines is 1. The lowest BCUT2D eigenvalue weighted by molar-refractivity contribution is -0.384. The Hall–Kier alpha value is -2.57. The molecule has 0 spiro atoms. The van der Waals surface area contributed by atoms with E-state index in [-0.39, 0.29) is 23.2 Å². The van der Waals surface area contributed by atoms with Crippen molar-refractivity contribution in [2.75, 3.05) is 11.9 Å².